The van der Waals surface area contributed by atoms with Crippen LogP contribution in [0.2, 0.25) is 0 Å². The van der Waals surface area contributed by atoms with Gasteiger partial charge in [0, 0.05) is 17.5 Å². The van der Waals surface area contributed by atoms with Crippen molar-refractivity contribution < 1.29 is 14.6 Å². The minimum atomic E-state index is -0.576. The van der Waals surface area contributed by atoms with Crippen LogP contribution in [0, 0.1) is 0 Å². The Morgan fingerprint density at radius 3 is 2.78 bits per heavy atom. The molecule has 1 saturated carbocycles. The predicted octanol–water partition coefficient (Wildman–Crippen LogP) is 3.02. The SMILES string of the molecule is O=Cc1cccc2c1C(O)CC1(CCCCC1)O2. The quantitative estimate of drug-likeness (QED) is 0.775. The summed E-state index contributed by atoms with van der Waals surface area (Å²) in [6, 6.07) is 5.41. The van der Waals surface area contributed by atoms with Gasteiger partial charge in [-0.25, -0.2) is 0 Å². The van der Waals surface area contributed by atoms with Crippen LogP contribution in [-0.4, -0.2) is 17.0 Å². The topological polar surface area (TPSA) is 46.5 Å². The second kappa shape index (κ2) is 4.39. The zero-order chi connectivity index (χ0) is 12.6. The maximum Gasteiger partial charge on any atom is 0.150 e. The standard InChI is InChI=1S/C15H18O3/c16-10-11-5-4-6-13-14(11)12(17)9-15(18-13)7-2-1-3-8-15/h4-6,10,12,17H,1-3,7-9H2. The smallest absolute Gasteiger partial charge is 0.150 e. The van der Waals surface area contributed by atoms with Crippen molar-refractivity contribution >= 4 is 6.29 Å². The van der Waals surface area contributed by atoms with Crippen molar-refractivity contribution in [3.63, 3.8) is 0 Å². The van der Waals surface area contributed by atoms with Crippen molar-refractivity contribution in [2.75, 3.05) is 0 Å². The van der Waals surface area contributed by atoms with Gasteiger partial charge in [-0.15, -0.1) is 0 Å². The van der Waals surface area contributed by atoms with E-state index in [2.05, 4.69) is 0 Å². The summed E-state index contributed by atoms with van der Waals surface area (Å²) < 4.78 is 6.15. The summed E-state index contributed by atoms with van der Waals surface area (Å²) in [4.78, 5) is 11.0. The molecule has 0 bridgehead atoms. The molecule has 96 valence electrons. The van der Waals surface area contributed by atoms with Gasteiger partial charge in [-0.05, 0) is 31.7 Å². The molecule has 2 aliphatic rings. The fourth-order valence-corrected chi connectivity index (χ4v) is 3.34. The summed E-state index contributed by atoms with van der Waals surface area (Å²) in [6.45, 7) is 0. The van der Waals surface area contributed by atoms with Crippen molar-refractivity contribution in [1.29, 1.82) is 0 Å². The van der Waals surface area contributed by atoms with Gasteiger partial charge in [-0.1, -0.05) is 18.6 Å². The molecule has 0 saturated heterocycles. The van der Waals surface area contributed by atoms with Gasteiger partial charge < -0.3 is 9.84 Å². The molecule has 3 rings (SSSR count). The Labute approximate surface area is 107 Å². The Balaban J connectivity index is 1.99. The number of carbonyl (C=O) groups excluding carboxylic acids is 1. The molecule has 1 heterocycles. The Morgan fingerprint density at radius 2 is 2.06 bits per heavy atom. The van der Waals surface area contributed by atoms with Gasteiger partial charge in [-0.2, -0.15) is 0 Å². The monoisotopic (exact) mass is 246 g/mol. The van der Waals surface area contributed by atoms with Gasteiger partial charge in [0.25, 0.3) is 0 Å². The van der Waals surface area contributed by atoms with Gasteiger partial charge in [0.2, 0.25) is 0 Å². The van der Waals surface area contributed by atoms with E-state index in [0.29, 0.717) is 23.3 Å². The zero-order valence-corrected chi connectivity index (χ0v) is 10.4. The fourth-order valence-electron chi connectivity index (χ4n) is 3.34. The number of rotatable bonds is 1. The maximum atomic E-state index is 11.0. The number of aliphatic hydroxyl groups excluding tert-OH is 1. The maximum absolute atomic E-state index is 11.0. The van der Waals surface area contributed by atoms with Crippen LogP contribution < -0.4 is 4.74 Å². The van der Waals surface area contributed by atoms with E-state index >= 15 is 0 Å². The number of aliphatic hydroxyl groups is 1. The van der Waals surface area contributed by atoms with Crippen LogP contribution in [0.5, 0.6) is 5.75 Å². The molecule has 1 atom stereocenters. The third-order valence-electron chi connectivity index (χ3n) is 4.22. The molecule has 18 heavy (non-hydrogen) atoms. The van der Waals surface area contributed by atoms with E-state index in [4.69, 9.17) is 4.74 Å². The molecule has 1 fully saturated rings. The van der Waals surface area contributed by atoms with E-state index in [0.717, 1.165) is 32.0 Å². The molecule has 0 amide bonds. The summed E-state index contributed by atoms with van der Waals surface area (Å²) in [7, 11) is 0. The van der Waals surface area contributed by atoms with E-state index in [1.54, 1.807) is 6.07 Å². The molecular weight excluding hydrogens is 228 g/mol. The second-order valence-corrected chi connectivity index (χ2v) is 5.44. The van der Waals surface area contributed by atoms with Crippen LogP contribution in [-0.2, 0) is 0 Å². The lowest BCUT2D eigenvalue weighted by molar-refractivity contribution is -0.0383. The van der Waals surface area contributed by atoms with E-state index in [-0.39, 0.29) is 5.60 Å². The van der Waals surface area contributed by atoms with Crippen LogP contribution in [0.25, 0.3) is 0 Å². The second-order valence-electron chi connectivity index (χ2n) is 5.44. The van der Waals surface area contributed by atoms with Gasteiger partial charge in [-0.3, -0.25) is 4.79 Å². The Kier molecular flexibility index (Phi) is 2.86. The lowest BCUT2D eigenvalue weighted by Gasteiger charge is -2.43. The molecule has 1 spiro atoms. The highest BCUT2D eigenvalue weighted by Gasteiger charge is 2.41. The zero-order valence-electron chi connectivity index (χ0n) is 10.4. The Bertz CT molecular complexity index is 461. The van der Waals surface area contributed by atoms with E-state index in [9.17, 15) is 9.90 Å². The van der Waals surface area contributed by atoms with E-state index in [1.807, 2.05) is 12.1 Å². The Morgan fingerprint density at radius 1 is 1.28 bits per heavy atom. The number of hydrogen-bond acceptors (Lipinski definition) is 3. The molecule has 1 N–H and O–H groups in total. The third-order valence-corrected chi connectivity index (χ3v) is 4.22. The third kappa shape index (κ3) is 1.83. The van der Waals surface area contributed by atoms with Gasteiger partial charge in [0.1, 0.15) is 11.4 Å². The largest absolute Gasteiger partial charge is 0.487 e. The molecule has 0 radical (unpaired) electrons. The van der Waals surface area contributed by atoms with Crippen LogP contribution in [0.1, 0.15) is 60.6 Å². The summed E-state index contributed by atoms with van der Waals surface area (Å²) in [5.41, 5.74) is 1.01. The van der Waals surface area contributed by atoms with Gasteiger partial charge in [0.15, 0.2) is 6.29 Å². The first kappa shape index (κ1) is 11.7. The summed E-state index contributed by atoms with van der Waals surface area (Å²) in [5, 5.41) is 10.4. The first-order chi connectivity index (χ1) is 8.74. The first-order valence-electron chi connectivity index (χ1n) is 6.69. The van der Waals surface area contributed by atoms with Crippen molar-refractivity contribution in [1.82, 2.24) is 0 Å². The highest BCUT2D eigenvalue weighted by Crippen LogP contribution is 2.46. The number of hydrogen-bond donors (Lipinski definition) is 1. The number of ether oxygens (including phenoxy) is 1. The molecule has 1 unspecified atom stereocenters. The lowest BCUT2D eigenvalue weighted by Crippen LogP contribution is -2.43. The van der Waals surface area contributed by atoms with Crippen LogP contribution in [0.15, 0.2) is 18.2 Å². The summed E-state index contributed by atoms with van der Waals surface area (Å²) in [5.74, 6) is 0.695. The van der Waals surface area contributed by atoms with Gasteiger partial charge >= 0.3 is 0 Å². The molecule has 1 aromatic rings. The van der Waals surface area contributed by atoms with Crippen LogP contribution in [0.4, 0.5) is 0 Å². The van der Waals surface area contributed by atoms with Crippen molar-refractivity contribution in [3.8, 4) is 5.75 Å². The van der Waals surface area contributed by atoms with Crippen molar-refractivity contribution in [3.05, 3.63) is 29.3 Å². The fraction of sp³-hybridized carbons (Fsp3) is 0.533. The first-order valence-corrected chi connectivity index (χ1v) is 6.69. The van der Waals surface area contributed by atoms with E-state index < -0.39 is 6.10 Å². The highest BCUT2D eigenvalue weighted by molar-refractivity contribution is 5.79. The lowest BCUT2D eigenvalue weighted by atomic mass is 9.77. The van der Waals surface area contributed by atoms with E-state index in [1.165, 1.54) is 6.42 Å². The van der Waals surface area contributed by atoms with Crippen LogP contribution >= 0.6 is 0 Å². The van der Waals surface area contributed by atoms with Crippen molar-refractivity contribution in [2.24, 2.45) is 0 Å². The Hall–Kier alpha value is -1.35. The average Bonchev–Trinajstić information content (AvgIpc) is 2.38. The number of aldehydes is 1. The molecule has 3 heteroatoms. The average molecular weight is 246 g/mol. The van der Waals surface area contributed by atoms with Crippen LogP contribution in [0.3, 0.4) is 0 Å². The van der Waals surface area contributed by atoms with Crippen molar-refractivity contribution in [2.45, 2.75) is 50.2 Å². The highest BCUT2D eigenvalue weighted by atomic mass is 16.5. The predicted molar refractivity (Wildman–Crippen MR) is 67.9 cm³/mol. The normalized spacial score (nSPS) is 25.3. The molecule has 1 aromatic carbocycles. The number of carbonyl (C=O) groups is 1. The molecule has 0 aromatic heterocycles. The van der Waals surface area contributed by atoms with Gasteiger partial charge in [0.05, 0.1) is 6.10 Å². The minimum Gasteiger partial charge on any atom is -0.487 e. The summed E-state index contributed by atoms with van der Waals surface area (Å²) in [6.07, 6.45) is 6.43. The molecule has 1 aliphatic heterocycles. The molecule has 1 aliphatic carbocycles. The molecule has 3 nitrogen and oxygen atoms in total. The minimum absolute atomic E-state index is 0.202. The molecular formula is C15H18O3. The summed E-state index contributed by atoms with van der Waals surface area (Å²) >= 11 is 0. The number of benzene rings is 1. The number of fused-ring (bicyclic) bond motifs is 1.